The molecule has 0 saturated heterocycles. The number of nitrogens with zero attached hydrogens (tertiary/aromatic N) is 1. The summed E-state index contributed by atoms with van der Waals surface area (Å²) in [6, 6.07) is 23.8. The lowest BCUT2D eigenvalue weighted by atomic mass is 9.89. The molecular weight excluding hydrogens is 1100 g/mol. The number of carboxylic acid groups (broad SMARTS) is 3. The van der Waals surface area contributed by atoms with E-state index in [-0.39, 0.29) is 58.9 Å². The molecule has 4 bridgehead atoms. The standard InChI is InChI=1S/C67H88N6O13/c1-4-22-47(65(81)82)38-37-46(62(78)69-51-30-20-33-55(74)42-51)24-14-10-16-36-58(63(79)70-52-31-21-34-56(75)43-52)57-35-15-9-8-13-26-48(66(83)84)25-11-6-7-12-27-49(67(85)86)28-18-17-23-45(5-2)61(77)68-50-29-19-32-54(41-50)72-73(3)59-40-39-53(44-60(59)76)71-64(57)80/h19-21,25,29-34,36-47,49,57,72,74-76H,4-18,22-24,26-28,35H2,1-3H3,(H,68,77)(H,69,78)(H,70,79)(H,71,80)(H,81,82)(H,83,84)(H,85,86). The van der Waals surface area contributed by atoms with Gasteiger partial charge in [-0.05, 0) is 138 Å². The Kier molecular flexibility index (Phi) is 28.8. The van der Waals surface area contributed by atoms with Gasteiger partial charge in [-0.25, -0.2) is 4.79 Å². The smallest absolute Gasteiger partial charge is 0.331 e. The highest BCUT2D eigenvalue weighted by Gasteiger charge is 2.29. The number of hydrogen-bond acceptors (Lipinski definition) is 12. The third kappa shape index (κ3) is 23.4. The summed E-state index contributed by atoms with van der Waals surface area (Å²) >= 11 is 0. The Balaban J connectivity index is 1.43. The van der Waals surface area contributed by atoms with Crippen LogP contribution in [0.15, 0.2) is 126 Å². The topological polar surface area (TPSA) is 304 Å². The lowest BCUT2D eigenvalue weighted by molar-refractivity contribution is -0.142. The first-order valence-electron chi connectivity index (χ1n) is 30.4. The fourth-order valence-corrected chi connectivity index (χ4v) is 10.7. The molecule has 0 aliphatic carbocycles. The van der Waals surface area contributed by atoms with Crippen molar-refractivity contribution in [2.75, 3.05) is 38.7 Å². The monoisotopic (exact) mass is 1180 g/mol. The largest absolute Gasteiger partial charge is 0.508 e. The molecule has 0 saturated carbocycles. The van der Waals surface area contributed by atoms with E-state index in [9.17, 15) is 64.2 Å². The Bertz CT molecular complexity index is 2990. The number of aliphatic carboxylic acids is 3. The molecule has 0 fully saturated rings. The number of carboxylic acids is 3. The van der Waals surface area contributed by atoms with Gasteiger partial charge >= 0.3 is 17.9 Å². The zero-order valence-corrected chi connectivity index (χ0v) is 49.9. The summed E-state index contributed by atoms with van der Waals surface area (Å²) in [4.78, 5) is 93.1. The number of aromatic hydroxyl groups is 3. The molecule has 11 N–H and O–H groups in total. The quantitative estimate of drug-likeness (QED) is 0.0251. The van der Waals surface area contributed by atoms with Crippen molar-refractivity contribution in [3.05, 3.63) is 126 Å². The molecule has 19 heteroatoms. The van der Waals surface area contributed by atoms with Crippen LogP contribution in [-0.4, -0.2) is 79.2 Å². The minimum Gasteiger partial charge on any atom is -0.508 e. The number of hydrazine groups is 1. The zero-order chi connectivity index (χ0) is 62.4. The van der Waals surface area contributed by atoms with Crippen molar-refractivity contribution in [1.82, 2.24) is 0 Å². The number of hydrogen-bond donors (Lipinski definition) is 11. The van der Waals surface area contributed by atoms with Crippen molar-refractivity contribution in [2.24, 2.45) is 29.6 Å². The zero-order valence-electron chi connectivity index (χ0n) is 49.9. The van der Waals surface area contributed by atoms with E-state index in [1.54, 1.807) is 90.9 Å². The van der Waals surface area contributed by atoms with Gasteiger partial charge in [-0.2, -0.15) is 0 Å². The Hall–Kier alpha value is -8.61. The highest BCUT2D eigenvalue weighted by Crippen LogP contribution is 2.33. The Morgan fingerprint density at radius 3 is 1.93 bits per heavy atom. The molecule has 0 radical (unpaired) electrons. The van der Waals surface area contributed by atoms with Gasteiger partial charge in [0, 0.05) is 65.1 Å². The van der Waals surface area contributed by atoms with Gasteiger partial charge in [0.05, 0.1) is 35.0 Å². The van der Waals surface area contributed by atoms with Crippen LogP contribution in [0.3, 0.4) is 0 Å². The van der Waals surface area contributed by atoms with Crippen molar-refractivity contribution >= 4 is 75.7 Å². The first-order valence-corrected chi connectivity index (χ1v) is 30.4. The molecule has 2 aliphatic heterocycles. The predicted molar refractivity (Wildman–Crippen MR) is 336 cm³/mol. The van der Waals surface area contributed by atoms with Crippen LogP contribution in [0.25, 0.3) is 0 Å². The van der Waals surface area contributed by atoms with Crippen LogP contribution in [-0.2, 0) is 33.6 Å². The maximum absolute atomic E-state index is 14.8. The van der Waals surface area contributed by atoms with Crippen molar-refractivity contribution in [3.8, 4) is 17.2 Å². The third-order valence-electron chi connectivity index (χ3n) is 15.5. The molecule has 2 heterocycles. The van der Waals surface area contributed by atoms with Gasteiger partial charge in [0.2, 0.25) is 17.7 Å². The van der Waals surface area contributed by atoms with Gasteiger partial charge < -0.3 is 51.9 Å². The van der Waals surface area contributed by atoms with Gasteiger partial charge in [-0.1, -0.05) is 114 Å². The minimum atomic E-state index is -1.06. The summed E-state index contributed by atoms with van der Waals surface area (Å²) < 4.78 is 0. The molecular formula is C67H88N6O13. The van der Waals surface area contributed by atoms with E-state index in [2.05, 4.69) is 26.7 Å². The number of unbranched alkanes of at least 4 members (excludes halogenated alkanes) is 2. The molecule has 4 aromatic carbocycles. The number of anilines is 6. The highest BCUT2D eigenvalue weighted by atomic mass is 16.4. The number of fused-ring (bicyclic) bond motifs is 25. The molecule has 5 atom stereocenters. The Labute approximate surface area is 505 Å². The predicted octanol–water partition coefficient (Wildman–Crippen LogP) is 13.8. The summed E-state index contributed by atoms with van der Waals surface area (Å²) in [5.74, 6) is -8.29. The second-order valence-corrected chi connectivity index (χ2v) is 22.2. The maximum atomic E-state index is 14.8. The molecule has 86 heavy (non-hydrogen) atoms. The van der Waals surface area contributed by atoms with E-state index in [0.29, 0.717) is 150 Å². The fourth-order valence-electron chi connectivity index (χ4n) is 10.7. The fraction of sp³-hybridized carbons (Fsp3) is 0.448. The molecule has 6 rings (SSSR count). The third-order valence-corrected chi connectivity index (χ3v) is 15.5. The van der Waals surface area contributed by atoms with Crippen LogP contribution in [0, 0.1) is 29.6 Å². The summed E-state index contributed by atoms with van der Waals surface area (Å²) in [7, 11) is 1.69. The van der Waals surface area contributed by atoms with Crippen LogP contribution < -0.4 is 31.7 Å². The van der Waals surface area contributed by atoms with Gasteiger partial charge in [-0.3, -0.25) is 39.2 Å². The molecule has 5 unspecified atom stereocenters. The summed E-state index contributed by atoms with van der Waals surface area (Å²) in [6.45, 7) is 3.82. The Morgan fingerprint density at radius 2 is 1.27 bits per heavy atom. The van der Waals surface area contributed by atoms with Crippen molar-refractivity contribution in [3.63, 3.8) is 0 Å². The maximum Gasteiger partial charge on any atom is 0.331 e. The molecule has 2 aliphatic rings. The number of carbonyl (C=O) groups is 7. The van der Waals surface area contributed by atoms with Crippen LogP contribution >= 0.6 is 0 Å². The molecule has 0 spiro atoms. The van der Waals surface area contributed by atoms with Crippen LogP contribution in [0.4, 0.5) is 34.1 Å². The number of carbonyl (C=O) groups excluding carboxylic acids is 4. The van der Waals surface area contributed by atoms with Crippen LogP contribution in [0.1, 0.15) is 155 Å². The first kappa shape index (κ1) is 68.2. The number of nitrogens with one attached hydrogen (secondary N) is 5. The molecule has 0 aromatic heterocycles. The number of benzene rings is 4. The summed E-state index contributed by atoms with van der Waals surface area (Å²) in [5.41, 5.74) is 6.02. The number of phenols is 3. The average Bonchev–Trinajstić information content (AvgIpc) is 3.22. The lowest BCUT2D eigenvalue weighted by Crippen LogP contribution is -2.30. The molecule has 4 amide bonds. The SMILES string of the molecule is CCCC(C=CC(CCCCC=C(C(=O)Nc1cccc(O)c1)C1CCCCCCC(C(=O)O)=CCCCCCC(C(=O)O)CCCCC(CC)C(=O)Nc2cccc(c2)NN(C)c2ccc(cc2O)NC1=O)C(=O)Nc1cccc(O)c1)C(=O)O. The first-order chi connectivity index (χ1) is 41.3. The van der Waals surface area contributed by atoms with E-state index in [0.717, 1.165) is 6.42 Å². The second-order valence-electron chi connectivity index (χ2n) is 22.2. The number of rotatable bonds is 18. The van der Waals surface area contributed by atoms with Gasteiger partial charge in [0.25, 0.3) is 5.91 Å². The summed E-state index contributed by atoms with van der Waals surface area (Å²) in [6.07, 6.45) is 18.0. The van der Waals surface area contributed by atoms with E-state index in [4.69, 9.17) is 0 Å². The number of phenolic OH excluding ortho intramolecular Hbond substituents is 3. The average molecular weight is 1190 g/mol. The van der Waals surface area contributed by atoms with Gasteiger partial charge in [-0.15, -0.1) is 0 Å². The van der Waals surface area contributed by atoms with Crippen molar-refractivity contribution in [2.45, 2.75) is 155 Å². The normalized spacial score (nSPS) is 18.5. The van der Waals surface area contributed by atoms with Crippen molar-refractivity contribution < 1.29 is 64.2 Å². The van der Waals surface area contributed by atoms with E-state index in [1.807, 2.05) is 13.8 Å². The van der Waals surface area contributed by atoms with Gasteiger partial charge in [0.1, 0.15) is 17.2 Å². The highest BCUT2D eigenvalue weighted by molar-refractivity contribution is 6.09. The van der Waals surface area contributed by atoms with Crippen LogP contribution in [0.2, 0.25) is 0 Å². The van der Waals surface area contributed by atoms with Crippen LogP contribution in [0.5, 0.6) is 17.2 Å². The van der Waals surface area contributed by atoms with E-state index >= 15 is 0 Å². The minimum absolute atomic E-state index is 0.0426. The molecule has 19 nitrogen and oxygen atoms in total. The summed E-state index contributed by atoms with van der Waals surface area (Å²) in [5, 5.41) is 74.9. The number of allylic oxidation sites excluding steroid dienone is 2. The van der Waals surface area contributed by atoms with Crippen molar-refractivity contribution in [1.29, 1.82) is 0 Å². The second kappa shape index (κ2) is 36.3. The molecule has 464 valence electrons. The van der Waals surface area contributed by atoms with E-state index < -0.39 is 59.3 Å². The molecule has 4 aromatic rings. The number of amides is 4. The lowest BCUT2D eigenvalue weighted by Gasteiger charge is -2.24. The van der Waals surface area contributed by atoms with Gasteiger partial charge in [0.15, 0.2) is 0 Å². The van der Waals surface area contributed by atoms with E-state index in [1.165, 1.54) is 36.4 Å². The Morgan fingerprint density at radius 1 is 0.651 bits per heavy atom.